The molecule has 1 aromatic carbocycles. The first kappa shape index (κ1) is 25.8. The van der Waals surface area contributed by atoms with Crippen LogP contribution in [-0.2, 0) is 6.54 Å². The van der Waals surface area contributed by atoms with E-state index >= 15 is 0 Å². The van der Waals surface area contributed by atoms with Crippen molar-refractivity contribution in [2.45, 2.75) is 40.3 Å². The number of aromatic nitrogens is 1. The number of pyridine rings is 1. The van der Waals surface area contributed by atoms with Gasteiger partial charge < -0.3 is 24.8 Å². The SMILES string of the molecule is CCNC(=NCc1cccc(OC)n1)NC(C)c1ccc(OCC)c(OCC)c1.I. The molecule has 0 bridgehead atoms. The molecule has 2 aromatic rings. The molecule has 0 aliphatic rings. The number of rotatable bonds is 10. The van der Waals surface area contributed by atoms with Crippen LogP contribution in [0, 0.1) is 0 Å². The summed E-state index contributed by atoms with van der Waals surface area (Å²) >= 11 is 0. The van der Waals surface area contributed by atoms with Gasteiger partial charge in [0.2, 0.25) is 5.88 Å². The summed E-state index contributed by atoms with van der Waals surface area (Å²) in [6.07, 6.45) is 0. The van der Waals surface area contributed by atoms with E-state index in [0.717, 1.165) is 35.3 Å². The van der Waals surface area contributed by atoms with E-state index in [9.17, 15) is 0 Å². The smallest absolute Gasteiger partial charge is 0.213 e. The second kappa shape index (κ2) is 13.9. The fourth-order valence-electron chi connectivity index (χ4n) is 2.76. The number of hydrogen-bond donors (Lipinski definition) is 2. The second-order valence-electron chi connectivity index (χ2n) is 6.30. The minimum absolute atomic E-state index is 0. The van der Waals surface area contributed by atoms with Crippen LogP contribution >= 0.6 is 24.0 Å². The molecule has 1 atom stereocenters. The monoisotopic (exact) mass is 528 g/mol. The third kappa shape index (κ3) is 7.89. The lowest BCUT2D eigenvalue weighted by atomic mass is 10.1. The number of nitrogens with zero attached hydrogens (tertiary/aromatic N) is 2. The minimum Gasteiger partial charge on any atom is -0.490 e. The van der Waals surface area contributed by atoms with E-state index in [-0.39, 0.29) is 30.0 Å². The zero-order valence-electron chi connectivity index (χ0n) is 18.4. The first-order valence-electron chi connectivity index (χ1n) is 10.1. The number of methoxy groups -OCH3 is 1. The summed E-state index contributed by atoms with van der Waals surface area (Å²) in [4.78, 5) is 9.06. The fraction of sp³-hybridized carbons (Fsp3) is 0.455. The molecule has 2 N–H and O–H groups in total. The first-order valence-corrected chi connectivity index (χ1v) is 10.1. The van der Waals surface area contributed by atoms with Crippen LogP contribution in [0.2, 0.25) is 0 Å². The molecule has 2 rings (SSSR count). The van der Waals surface area contributed by atoms with E-state index in [1.165, 1.54) is 0 Å². The predicted octanol–water partition coefficient (Wildman–Crippen LogP) is 4.32. The Hall–Kier alpha value is -2.23. The molecule has 0 saturated heterocycles. The molecule has 166 valence electrons. The number of hydrogen-bond acceptors (Lipinski definition) is 5. The molecule has 0 spiro atoms. The van der Waals surface area contributed by atoms with Gasteiger partial charge in [-0.1, -0.05) is 12.1 Å². The molecule has 0 fully saturated rings. The van der Waals surface area contributed by atoms with Crippen LogP contribution in [-0.4, -0.2) is 37.8 Å². The molecule has 1 heterocycles. The zero-order chi connectivity index (χ0) is 21.1. The van der Waals surface area contributed by atoms with E-state index < -0.39 is 0 Å². The summed E-state index contributed by atoms with van der Waals surface area (Å²) in [5.74, 6) is 2.82. The normalized spacial score (nSPS) is 11.8. The Balaban J connectivity index is 0.00000450. The Morgan fingerprint density at radius 2 is 1.80 bits per heavy atom. The van der Waals surface area contributed by atoms with E-state index in [1.807, 2.05) is 57.2 Å². The molecule has 0 aliphatic carbocycles. The largest absolute Gasteiger partial charge is 0.490 e. The van der Waals surface area contributed by atoms with Crippen LogP contribution in [0.5, 0.6) is 17.4 Å². The lowest BCUT2D eigenvalue weighted by molar-refractivity contribution is 0.287. The van der Waals surface area contributed by atoms with E-state index in [0.29, 0.717) is 25.6 Å². The van der Waals surface area contributed by atoms with E-state index in [1.54, 1.807) is 7.11 Å². The Labute approximate surface area is 196 Å². The molecular weight excluding hydrogens is 495 g/mol. The molecule has 0 radical (unpaired) electrons. The molecule has 30 heavy (non-hydrogen) atoms. The summed E-state index contributed by atoms with van der Waals surface area (Å²) in [5.41, 5.74) is 1.93. The maximum atomic E-state index is 5.74. The quantitative estimate of drug-likeness (QED) is 0.272. The third-order valence-corrected chi connectivity index (χ3v) is 4.15. The molecular formula is C22H33IN4O3. The number of guanidine groups is 1. The summed E-state index contributed by atoms with van der Waals surface area (Å²) in [5, 5.41) is 6.71. The molecule has 0 saturated carbocycles. The second-order valence-corrected chi connectivity index (χ2v) is 6.30. The lowest BCUT2D eigenvalue weighted by Gasteiger charge is -2.20. The molecule has 8 heteroatoms. The van der Waals surface area contributed by atoms with E-state index in [4.69, 9.17) is 14.2 Å². The van der Waals surface area contributed by atoms with Crippen molar-refractivity contribution in [2.75, 3.05) is 26.9 Å². The van der Waals surface area contributed by atoms with Crippen LogP contribution in [0.1, 0.15) is 45.0 Å². The van der Waals surface area contributed by atoms with Crippen LogP contribution in [0.25, 0.3) is 0 Å². The van der Waals surface area contributed by atoms with Gasteiger partial charge in [-0.3, -0.25) is 0 Å². The Bertz CT molecular complexity index is 802. The van der Waals surface area contributed by atoms with Crippen molar-refractivity contribution >= 4 is 29.9 Å². The van der Waals surface area contributed by atoms with Crippen molar-refractivity contribution in [1.82, 2.24) is 15.6 Å². The fourth-order valence-corrected chi connectivity index (χ4v) is 2.76. The van der Waals surface area contributed by atoms with Crippen molar-refractivity contribution in [3.63, 3.8) is 0 Å². The summed E-state index contributed by atoms with van der Waals surface area (Å²) in [6.45, 7) is 10.4. The molecule has 0 aliphatic heterocycles. The Kier molecular flexibility index (Phi) is 12.0. The van der Waals surface area contributed by atoms with Gasteiger partial charge in [0.1, 0.15) is 0 Å². The van der Waals surface area contributed by atoms with E-state index in [2.05, 4.69) is 27.5 Å². The van der Waals surface area contributed by atoms with Crippen LogP contribution in [0.3, 0.4) is 0 Å². The average molecular weight is 528 g/mol. The van der Waals surface area contributed by atoms with Gasteiger partial charge in [0.25, 0.3) is 0 Å². The molecule has 1 aromatic heterocycles. The van der Waals surface area contributed by atoms with Gasteiger partial charge in [0.05, 0.1) is 38.6 Å². The van der Waals surface area contributed by atoms with Crippen molar-refractivity contribution in [1.29, 1.82) is 0 Å². The molecule has 1 unspecified atom stereocenters. The standard InChI is InChI=1S/C22H32N4O3.HI/c1-6-23-22(24-15-18-10-9-11-21(26-18)27-5)25-16(4)17-12-13-19(28-7-2)20(14-17)29-8-3;/h9-14,16H,6-8,15H2,1-5H3,(H2,23,24,25);1H. The van der Waals surface area contributed by atoms with Crippen molar-refractivity contribution in [2.24, 2.45) is 4.99 Å². The van der Waals surface area contributed by atoms with Crippen LogP contribution in [0.4, 0.5) is 0 Å². The number of benzene rings is 1. The maximum Gasteiger partial charge on any atom is 0.213 e. The van der Waals surface area contributed by atoms with Crippen LogP contribution < -0.4 is 24.8 Å². The summed E-state index contributed by atoms with van der Waals surface area (Å²) in [6, 6.07) is 11.7. The van der Waals surface area contributed by atoms with Crippen molar-refractivity contribution in [3.8, 4) is 17.4 Å². The van der Waals surface area contributed by atoms with Gasteiger partial charge in [-0.25, -0.2) is 9.98 Å². The highest BCUT2D eigenvalue weighted by Crippen LogP contribution is 2.30. The topological polar surface area (TPSA) is 77.0 Å². The van der Waals surface area contributed by atoms with Gasteiger partial charge in [0.15, 0.2) is 17.5 Å². The number of halogens is 1. The highest BCUT2D eigenvalue weighted by Gasteiger charge is 2.12. The number of aliphatic imine (C=N–C) groups is 1. The Morgan fingerprint density at radius 1 is 1.07 bits per heavy atom. The highest BCUT2D eigenvalue weighted by atomic mass is 127. The summed E-state index contributed by atoms with van der Waals surface area (Å²) < 4.78 is 16.6. The van der Waals surface area contributed by atoms with Gasteiger partial charge in [0, 0.05) is 12.6 Å². The zero-order valence-corrected chi connectivity index (χ0v) is 20.7. The predicted molar refractivity (Wildman–Crippen MR) is 131 cm³/mol. The first-order chi connectivity index (χ1) is 14.1. The highest BCUT2D eigenvalue weighted by molar-refractivity contribution is 14.0. The Morgan fingerprint density at radius 3 is 2.47 bits per heavy atom. The van der Waals surface area contributed by atoms with Gasteiger partial charge in [-0.15, -0.1) is 24.0 Å². The van der Waals surface area contributed by atoms with Crippen LogP contribution in [0.15, 0.2) is 41.4 Å². The molecule has 0 amide bonds. The van der Waals surface area contributed by atoms with Gasteiger partial charge >= 0.3 is 0 Å². The summed E-state index contributed by atoms with van der Waals surface area (Å²) in [7, 11) is 1.61. The maximum absolute atomic E-state index is 5.74. The van der Waals surface area contributed by atoms with Crippen molar-refractivity contribution in [3.05, 3.63) is 47.7 Å². The van der Waals surface area contributed by atoms with Gasteiger partial charge in [-0.2, -0.15) is 0 Å². The number of nitrogens with one attached hydrogen (secondary N) is 2. The minimum atomic E-state index is 0. The van der Waals surface area contributed by atoms with Crippen molar-refractivity contribution < 1.29 is 14.2 Å². The molecule has 7 nitrogen and oxygen atoms in total. The average Bonchev–Trinajstić information content (AvgIpc) is 2.74. The van der Waals surface area contributed by atoms with Gasteiger partial charge in [-0.05, 0) is 51.5 Å². The lowest BCUT2D eigenvalue weighted by Crippen LogP contribution is -2.38. The number of ether oxygens (including phenoxy) is 3. The third-order valence-electron chi connectivity index (χ3n) is 4.15.